The van der Waals surface area contributed by atoms with Gasteiger partial charge in [-0.2, -0.15) is 0 Å². The number of aromatic amines is 1. The molecule has 10 nitrogen and oxygen atoms in total. The molecular weight excluding hydrogens is 525 g/mol. The topological polar surface area (TPSA) is 118 Å². The van der Waals surface area contributed by atoms with E-state index < -0.39 is 0 Å². The molecule has 0 radical (unpaired) electrons. The molecule has 216 valence electrons. The molecule has 3 heterocycles. The summed E-state index contributed by atoms with van der Waals surface area (Å²) in [5.41, 5.74) is 3.00. The normalized spacial score (nSPS) is 16.0. The van der Waals surface area contributed by atoms with Crippen LogP contribution < -0.4 is 15.5 Å². The quantitative estimate of drug-likeness (QED) is 0.211. The van der Waals surface area contributed by atoms with E-state index in [9.17, 15) is 9.90 Å². The van der Waals surface area contributed by atoms with E-state index in [1.165, 1.54) is 6.07 Å². The van der Waals surface area contributed by atoms with Gasteiger partial charge in [-0.3, -0.25) is 4.79 Å². The first-order valence-corrected chi connectivity index (χ1v) is 13.4. The van der Waals surface area contributed by atoms with Gasteiger partial charge >= 0.3 is 0 Å². The van der Waals surface area contributed by atoms with E-state index in [-0.39, 0.29) is 24.9 Å². The van der Waals surface area contributed by atoms with Crippen molar-refractivity contribution in [1.82, 2.24) is 15.2 Å². The fourth-order valence-electron chi connectivity index (χ4n) is 4.44. The van der Waals surface area contributed by atoms with Gasteiger partial charge in [0.1, 0.15) is 29.8 Å². The van der Waals surface area contributed by atoms with Gasteiger partial charge in [-0.1, -0.05) is 19.2 Å². The summed E-state index contributed by atoms with van der Waals surface area (Å²) in [5, 5.41) is 15.3. The van der Waals surface area contributed by atoms with Crippen LogP contribution in [0.4, 0.5) is 21.6 Å². The standard InChI is InChI=1S/C30H36FN7O3/c1-5-27(40)34-20(2)7-6-8-21(3)41-30-28-22(11-16-39)18-32-29(28)36-26(19-33-30)35-23-9-10-25(24(31)17-23)38-14-12-37(4)13-15-38/h5-10,17-18,32,39H,1-2,11-16,19H2,3-4H3,(H,34,40)(H,35,36)/b7-6-,21-8+. The van der Waals surface area contributed by atoms with Crippen molar-refractivity contribution in [3.05, 3.63) is 90.3 Å². The van der Waals surface area contributed by atoms with Crippen LogP contribution in [-0.4, -0.2) is 79.0 Å². The molecule has 4 N–H and O–H groups in total. The zero-order chi connectivity index (χ0) is 29.4. The zero-order valence-corrected chi connectivity index (χ0v) is 23.4. The number of fused-ring (bicyclic) bond motifs is 1. The number of anilines is 2. The number of piperazine rings is 1. The van der Waals surface area contributed by atoms with Crippen molar-refractivity contribution in [3.8, 4) is 0 Å². The lowest BCUT2D eigenvalue weighted by Crippen LogP contribution is -2.44. The van der Waals surface area contributed by atoms with Gasteiger partial charge in [-0.15, -0.1) is 0 Å². The molecule has 1 saturated heterocycles. The Kier molecular flexibility index (Phi) is 9.88. The summed E-state index contributed by atoms with van der Waals surface area (Å²) < 4.78 is 21.2. The number of amidine groups is 1. The second kappa shape index (κ2) is 13.7. The number of allylic oxidation sites excluding steroid dienone is 4. The van der Waals surface area contributed by atoms with Gasteiger partial charge in [0.15, 0.2) is 0 Å². The molecule has 1 fully saturated rings. The van der Waals surface area contributed by atoms with Gasteiger partial charge in [-0.05, 0) is 62.4 Å². The molecule has 0 saturated carbocycles. The van der Waals surface area contributed by atoms with Crippen molar-refractivity contribution in [3.63, 3.8) is 0 Å². The summed E-state index contributed by atoms with van der Waals surface area (Å²) >= 11 is 0. The van der Waals surface area contributed by atoms with Gasteiger partial charge < -0.3 is 35.3 Å². The summed E-state index contributed by atoms with van der Waals surface area (Å²) in [4.78, 5) is 28.2. The first-order chi connectivity index (χ1) is 19.8. The van der Waals surface area contributed by atoms with E-state index in [1.807, 2.05) is 6.07 Å². The van der Waals surface area contributed by atoms with Gasteiger partial charge in [0.25, 0.3) is 0 Å². The lowest BCUT2D eigenvalue weighted by molar-refractivity contribution is -0.115. The molecule has 0 spiro atoms. The largest absolute Gasteiger partial charge is 0.443 e. The Morgan fingerprint density at radius 3 is 2.78 bits per heavy atom. The number of likely N-dealkylation sites (N-methyl/N-ethyl adjacent to an activating group) is 1. The summed E-state index contributed by atoms with van der Waals surface area (Å²) in [6, 6.07) is 5.10. The summed E-state index contributed by atoms with van der Waals surface area (Å²) in [7, 11) is 2.07. The highest BCUT2D eigenvalue weighted by Crippen LogP contribution is 2.28. The third-order valence-electron chi connectivity index (χ3n) is 6.59. The molecule has 1 aromatic carbocycles. The number of ether oxygens (including phenoxy) is 1. The van der Waals surface area contributed by atoms with Crippen molar-refractivity contribution >= 4 is 34.8 Å². The number of rotatable bonds is 9. The molecular formula is C30H36FN7O3. The first-order valence-electron chi connectivity index (χ1n) is 13.4. The smallest absolute Gasteiger partial charge is 0.247 e. The van der Waals surface area contributed by atoms with Gasteiger partial charge in [0, 0.05) is 50.4 Å². The molecule has 0 unspecified atom stereocenters. The number of aromatic nitrogens is 1. The highest BCUT2D eigenvalue weighted by molar-refractivity contribution is 6.07. The van der Waals surface area contributed by atoms with Crippen LogP contribution in [0.3, 0.4) is 0 Å². The number of aliphatic imine (C=N–C) groups is 2. The molecule has 11 heteroatoms. The van der Waals surface area contributed by atoms with Crippen molar-refractivity contribution in [2.45, 2.75) is 13.3 Å². The number of aliphatic hydroxyl groups is 1. The number of amides is 1. The van der Waals surface area contributed by atoms with Crippen LogP contribution in [0.15, 0.2) is 83.3 Å². The summed E-state index contributed by atoms with van der Waals surface area (Å²) in [6.45, 7) is 12.4. The number of H-pyrrole nitrogens is 1. The number of aliphatic hydroxyl groups excluding tert-OH is 1. The molecule has 41 heavy (non-hydrogen) atoms. The van der Waals surface area contributed by atoms with Gasteiger partial charge in [0.05, 0.1) is 11.3 Å². The van der Waals surface area contributed by atoms with E-state index >= 15 is 4.39 Å². The minimum Gasteiger partial charge on any atom is -0.443 e. The molecule has 2 aliphatic heterocycles. The molecule has 2 aromatic rings. The Morgan fingerprint density at radius 1 is 1.29 bits per heavy atom. The SMILES string of the molecule is C=CC(=O)NC(=C)/C=C\C=C(/C)OC1=NCC(Nc2ccc(N3CCN(C)CC3)c(F)c2)=Nc2[nH]cc(CCO)c21. The Bertz CT molecular complexity index is 1420. The van der Waals surface area contributed by atoms with E-state index in [4.69, 9.17) is 9.73 Å². The number of benzene rings is 1. The Morgan fingerprint density at radius 2 is 2.07 bits per heavy atom. The Labute approximate surface area is 239 Å². The number of nitrogens with zero attached hydrogens (tertiary/aromatic N) is 4. The van der Waals surface area contributed by atoms with E-state index in [2.05, 4.69) is 50.6 Å². The molecule has 1 aromatic heterocycles. The average Bonchev–Trinajstić information content (AvgIpc) is 3.25. The number of hydrogen-bond acceptors (Lipinski definition) is 8. The number of hydrogen-bond donors (Lipinski definition) is 4. The maximum absolute atomic E-state index is 15.1. The summed E-state index contributed by atoms with van der Waals surface area (Å²) in [6.07, 6.45) is 8.34. The highest BCUT2D eigenvalue weighted by Gasteiger charge is 2.23. The molecule has 0 aliphatic carbocycles. The summed E-state index contributed by atoms with van der Waals surface area (Å²) in [5.74, 6) is 1.24. The maximum Gasteiger partial charge on any atom is 0.247 e. The molecule has 0 atom stereocenters. The van der Waals surface area contributed by atoms with Crippen molar-refractivity contribution in [2.75, 3.05) is 56.6 Å². The van der Waals surface area contributed by atoms with Crippen molar-refractivity contribution in [1.29, 1.82) is 0 Å². The van der Waals surface area contributed by atoms with E-state index in [1.54, 1.807) is 37.4 Å². The van der Waals surface area contributed by atoms with Crippen LogP contribution >= 0.6 is 0 Å². The molecule has 0 bridgehead atoms. The highest BCUT2D eigenvalue weighted by atomic mass is 19.1. The molecule has 4 rings (SSSR count). The predicted octanol–water partition coefficient (Wildman–Crippen LogP) is 3.64. The van der Waals surface area contributed by atoms with Crippen molar-refractivity contribution < 1.29 is 19.0 Å². The van der Waals surface area contributed by atoms with Crippen LogP contribution in [0.2, 0.25) is 0 Å². The van der Waals surface area contributed by atoms with Crippen LogP contribution in [0.25, 0.3) is 0 Å². The van der Waals surface area contributed by atoms with E-state index in [0.717, 1.165) is 37.8 Å². The monoisotopic (exact) mass is 561 g/mol. The van der Waals surface area contributed by atoms with E-state index in [0.29, 0.717) is 52.4 Å². The lowest BCUT2D eigenvalue weighted by Gasteiger charge is -2.34. The fourth-order valence-corrected chi connectivity index (χ4v) is 4.44. The predicted molar refractivity (Wildman–Crippen MR) is 161 cm³/mol. The first kappa shape index (κ1) is 29.5. The minimum atomic E-state index is -0.348. The van der Waals surface area contributed by atoms with Crippen LogP contribution in [0.5, 0.6) is 0 Å². The number of carbonyl (C=O) groups excluding carboxylic acids is 1. The minimum absolute atomic E-state index is 0.0541. The number of carbonyl (C=O) groups is 1. The molecule has 1 amide bonds. The van der Waals surface area contributed by atoms with Gasteiger partial charge in [0.2, 0.25) is 11.8 Å². The Hall–Kier alpha value is -4.48. The fraction of sp³-hybridized carbons (Fsp3) is 0.300. The van der Waals surface area contributed by atoms with Crippen LogP contribution in [0.1, 0.15) is 18.1 Å². The zero-order valence-electron chi connectivity index (χ0n) is 23.4. The van der Waals surface area contributed by atoms with Crippen LogP contribution in [0, 0.1) is 5.82 Å². The third kappa shape index (κ3) is 7.80. The second-order valence-corrected chi connectivity index (χ2v) is 9.73. The van der Waals surface area contributed by atoms with Gasteiger partial charge in [-0.25, -0.2) is 14.4 Å². The number of nitrogens with one attached hydrogen (secondary N) is 3. The third-order valence-corrected chi connectivity index (χ3v) is 6.59. The van der Waals surface area contributed by atoms with Crippen LogP contribution in [-0.2, 0) is 16.0 Å². The second-order valence-electron chi connectivity index (χ2n) is 9.73. The molecule has 2 aliphatic rings. The maximum atomic E-state index is 15.1. The lowest BCUT2D eigenvalue weighted by atomic mass is 10.1. The Balaban J connectivity index is 1.51. The number of halogens is 1. The van der Waals surface area contributed by atoms with Crippen molar-refractivity contribution in [2.24, 2.45) is 9.98 Å². The average molecular weight is 562 g/mol.